The number of nitrogens with zero attached hydrogens (tertiary/aromatic N) is 2. The lowest BCUT2D eigenvalue weighted by Gasteiger charge is -2.48. The number of rotatable bonds is 3. The van der Waals surface area contributed by atoms with Crippen LogP contribution in [0.3, 0.4) is 0 Å². The minimum atomic E-state index is 0.0139. The smallest absolute Gasteiger partial charge is 0.272 e. The van der Waals surface area contributed by atoms with E-state index in [0.29, 0.717) is 5.69 Å². The molecule has 2 N–H and O–H groups in total. The third-order valence-corrected chi connectivity index (χ3v) is 6.07. The van der Waals surface area contributed by atoms with Crippen molar-refractivity contribution in [2.75, 3.05) is 20.2 Å². The first-order valence-corrected chi connectivity index (χ1v) is 9.86. The van der Waals surface area contributed by atoms with Gasteiger partial charge >= 0.3 is 0 Å². The minimum Gasteiger partial charge on any atom is -0.497 e. The van der Waals surface area contributed by atoms with Crippen molar-refractivity contribution in [3.63, 3.8) is 0 Å². The van der Waals surface area contributed by atoms with E-state index < -0.39 is 0 Å². The fourth-order valence-electron chi connectivity index (χ4n) is 4.56. The predicted molar refractivity (Wildman–Crippen MR) is 105 cm³/mol. The van der Waals surface area contributed by atoms with E-state index in [2.05, 4.69) is 27.3 Å². The molecule has 1 amide bonds. The standard InChI is InChI=1S/C21H28N4O2/c1-21-10-6-12-25(19(21)9-3-4-11-22-21)20(26)18-14-17(23-24-18)15-7-5-8-16(13-15)27-2/h5,7-8,13-14,19,22H,3-4,6,9-12H2,1-2H3,(H,23,24)/t19-,21-/m0/s1. The lowest BCUT2D eigenvalue weighted by Crippen LogP contribution is -2.62. The summed E-state index contributed by atoms with van der Waals surface area (Å²) in [5.74, 6) is 0.830. The van der Waals surface area contributed by atoms with Crippen molar-refractivity contribution in [3.05, 3.63) is 36.0 Å². The normalized spacial score (nSPS) is 25.6. The van der Waals surface area contributed by atoms with Gasteiger partial charge in [-0.1, -0.05) is 18.6 Å². The number of ether oxygens (including phenoxy) is 1. The van der Waals surface area contributed by atoms with Crippen molar-refractivity contribution < 1.29 is 9.53 Å². The lowest BCUT2D eigenvalue weighted by atomic mass is 9.81. The zero-order chi connectivity index (χ0) is 18.9. The Hall–Kier alpha value is -2.34. The number of carbonyl (C=O) groups excluding carboxylic acids is 1. The van der Waals surface area contributed by atoms with Crippen molar-refractivity contribution in [2.24, 2.45) is 0 Å². The van der Waals surface area contributed by atoms with Crippen LogP contribution < -0.4 is 10.1 Å². The number of carbonyl (C=O) groups is 1. The van der Waals surface area contributed by atoms with E-state index in [9.17, 15) is 4.79 Å². The molecule has 2 saturated heterocycles. The van der Waals surface area contributed by atoms with E-state index in [1.807, 2.05) is 30.3 Å². The summed E-state index contributed by atoms with van der Waals surface area (Å²) in [7, 11) is 1.65. The molecule has 4 rings (SSSR count). The molecular formula is C21H28N4O2. The monoisotopic (exact) mass is 368 g/mol. The summed E-state index contributed by atoms with van der Waals surface area (Å²) in [5.41, 5.74) is 2.27. The van der Waals surface area contributed by atoms with Gasteiger partial charge < -0.3 is 15.0 Å². The molecule has 3 heterocycles. The molecule has 2 fully saturated rings. The molecule has 0 spiro atoms. The van der Waals surface area contributed by atoms with Gasteiger partial charge in [0.25, 0.3) is 5.91 Å². The van der Waals surface area contributed by atoms with E-state index in [1.165, 1.54) is 6.42 Å². The third-order valence-electron chi connectivity index (χ3n) is 6.07. The number of aromatic amines is 1. The number of likely N-dealkylation sites (tertiary alicyclic amines) is 1. The van der Waals surface area contributed by atoms with Crippen molar-refractivity contribution in [2.45, 2.75) is 50.6 Å². The summed E-state index contributed by atoms with van der Waals surface area (Å²) in [6.45, 7) is 4.13. The van der Waals surface area contributed by atoms with E-state index in [-0.39, 0.29) is 17.5 Å². The number of hydrogen-bond acceptors (Lipinski definition) is 4. The highest BCUT2D eigenvalue weighted by Gasteiger charge is 2.43. The lowest BCUT2D eigenvalue weighted by molar-refractivity contribution is 0.0374. The average Bonchev–Trinajstić information content (AvgIpc) is 3.10. The highest BCUT2D eigenvalue weighted by molar-refractivity contribution is 5.93. The van der Waals surface area contributed by atoms with Crippen LogP contribution >= 0.6 is 0 Å². The SMILES string of the molecule is COc1cccc(-c2cc(C(=O)N3CCC[C@]4(C)NCCCC[C@H]34)[nH]n2)c1. The fraction of sp³-hybridized carbons (Fsp3) is 0.524. The molecule has 0 unspecified atom stereocenters. The summed E-state index contributed by atoms with van der Waals surface area (Å²) in [4.78, 5) is 15.3. The van der Waals surface area contributed by atoms with Crippen LogP contribution in [0.1, 0.15) is 49.5 Å². The van der Waals surface area contributed by atoms with Gasteiger partial charge in [-0.25, -0.2) is 0 Å². The number of H-pyrrole nitrogens is 1. The number of methoxy groups -OCH3 is 1. The Morgan fingerprint density at radius 2 is 2.19 bits per heavy atom. The Morgan fingerprint density at radius 3 is 3.04 bits per heavy atom. The van der Waals surface area contributed by atoms with Gasteiger partial charge in [0.15, 0.2) is 0 Å². The molecule has 1 aromatic carbocycles. The number of hydrogen-bond donors (Lipinski definition) is 2. The highest BCUT2D eigenvalue weighted by Crippen LogP contribution is 2.34. The van der Waals surface area contributed by atoms with Crippen LogP contribution in [0.2, 0.25) is 0 Å². The molecule has 6 nitrogen and oxygen atoms in total. The molecule has 0 radical (unpaired) electrons. The van der Waals surface area contributed by atoms with Crippen molar-refractivity contribution >= 4 is 5.91 Å². The van der Waals surface area contributed by atoms with Crippen LogP contribution in [-0.2, 0) is 0 Å². The maximum absolute atomic E-state index is 13.3. The quantitative estimate of drug-likeness (QED) is 0.873. The number of nitrogens with one attached hydrogen (secondary N) is 2. The fourth-order valence-corrected chi connectivity index (χ4v) is 4.56. The van der Waals surface area contributed by atoms with Crippen LogP contribution in [-0.4, -0.2) is 52.8 Å². The van der Waals surface area contributed by atoms with Crippen molar-refractivity contribution in [1.29, 1.82) is 0 Å². The van der Waals surface area contributed by atoms with Gasteiger partial charge in [-0.3, -0.25) is 9.89 Å². The van der Waals surface area contributed by atoms with E-state index in [0.717, 1.165) is 55.8 Å². The minimum absolute atomic E-state index is 0.0139. The Labute approximate surface area is 160 Å². The van der Waals surface area contributed by atoms with E-state index >= 15 is 0 Å². The molecule has 144 valence electrons. The molecule has 2 atom stereocenters. The molecule has 0 aliphatic carbocycles. The molecule has 2 aromatic rings. The van der Waals surface area contributed by atoms with Crippen molar-refractivity contribution in [1.82, 2.24) is 20.4 Å². The van der Waals surface area contributed by atoms with Gasteiger partial charge in [0.05, 0.1) is 12.8 Å². The van der Waals surface area contributed by atoms with Gasteiger partial charge in [-0.2, -0.15) is 5.10 Å². The zero-order valence-corrected chi connectivity index (χ0v) is 16.1. The largest absolute Gasteiger partial charge is 0.497 e. The van der Waals surface area contributed by atoms with Crippen LogP contribution in [0.5, 0.6) is 5.75 Å². The molecule has 27 heavy (non-hydrogen) atoms. The van der Waals surface area contributed by atoms with Crippen LogP contribution in [0, 0.1) is 0 Å². The number of aromatic nitrogens is 2. The summed E-state index contributed by atoms with van der Waals surface area (Å²) < 4.78 is 5.29. The van der Waals surface area contributed by atoms with Crippen LogP contribution in [0.15, 0.2) is 30.3 Å². The molecule has 2 aliphatic rings. The van der Waals surface area contributed by atoms with Crippen LogP contribution in [0.25, 0.3) is 11.3 Å². The van der Waals surface area contributed by atoms with Gasteiger partial charge in [0.2, 0.25) is 0 Å². The second kappa shape index (κ2) is 7.35. The maximum atomic E-state index is 13.3. The van der Waals surface area contributed by atoms with Gasteiger partial charge in [0, 0.05) is 23.7 Å². The molecule has 0 saturated carbocycles. The Kier molecular flexibility index (Phi) is 4.91. The van der Waals surface area contributed by atoms with Gasteiger partial charge in [-0.05, 0) is 57.4 Å². The first kappa shape index (κ1) is 18.0. The van der Waals surface area contributed by atoms with E-state index in [1.54, 1.807) is 7.11 Å². The van der Waals surface area contributed by atoms with Gasteiger partial charge in [0.1, 0.15) is 11.4 Å². The van der Waals surface area contributed by atoms with Crippen LogP contribution in [0.4, 0.5) is 0 Å². The highest BCUT2D eigenvalue weighted by atomic mass is 16.5. The molecule has 2 aliphatic heterocycles. The van der Waals surface area contributed by atoms with Crippen molar-refractivity contribution in [3.8, 4) is 17.0 Å². The predicted octanol–water partition coefficient (Wildman–Crippen LogP) is 3.22. The number of fused-ring (bicyclic) bond motifs is 1. The second-order valence-electron chi connectivity index (χ2n) is 7.86. The Balaban J connectivity index is 1.58. The zero-order valence-electron chi connectivity index (χ0n) is 16.1. The first-order chi connectivity index (χ1) is 13.1. The molecule has 1 aromatic heterocycles. The topological polar surface area (TPSA) is 70.2 Å². The molecule has 6 heteroatoms. The number of benzene rings is 1. The maximum Gasteiger partial charge on any atom is 0.272 e. The summed E-state index contributed by atoms with van der Waals surface area (Å²) >= 11 is 0. The Morgan fingerprint density at radius 1 is 1.30 bits per heavy atom. The Bertz CT molecular complexity index is 818. The van der Waals surface area contributed by atoms with E-state index in [4.69, 9.17) is 4.74 Å². The molecular weight excluding hydrogens is 340 g/mol. The third kappa shape index (κ3) is 3.46. The number of amides is 1. The first-order valence-electron chi connectivity index (χ1n) is 9.86. The second-order valence-corrected chi connectivity index (χ2v) is 7.86. The molecule has 0 bridgehead atoms. The average molecular weight is 368 g/mol. The summed E-state index contributed by atoms with van der Waals surface area (Å²) in [6, 6.07) is 9.82. The summed E-state index contributed by atoms with van der Waals surface area (Å²) in [5, 5.41) is 11.0. The number of piperidine rings is 1. The summed E-state index contributed by atoms with van der Waals surface area (Å²) in [6.07, 6.45) is 5.56. The van der Waals surface area contributed by atoms with Gasteiger partial charge in [-0.15, -0.1) is 0 Å².